The molecular weight excluding hydrogens is 293 g/mol. The Balaban J connectivity index is 1.73. The number of amides is 1. The van der Waals surface area contributed by atoms with E-state index in [2.05, 4.69) is 0 Å². The molecule has 0 heterocycles. The molecule has 0 atom stereocenters. The second-order valence-electron chi connectivity index (χ2n) is 5.61. The van der Waals surface area contributed by atoms with Gasteiger partial charge in [0, 0.05) is 25.6 Å². The highest BCUT2D eigenvalue weighted by molar-refractivity contribution is 5.75. The number of nitrogens with zero attached hydrogens (tertiary/aromatic N) is 1. The minimum Gasteiger partial charge on any atom is -0.494 e. The summed E-state index contributed by atoms with van der Waals surface area (Å²) in [4.78, 5) is 13.6. The smallest absolute Gasteiger partial charge is 0.222 e. The maximum Gasteiger partial charge on any atom is 0.222 e. The zero-order valence-corrected chi connectivity index (χ0v) is 13.6. The highest BCUT2D eigenvalue weighted by atomic mass is 19.1. The fraction of sp³-hybridized carbons (Fsp3) is 0.316. The molecule has 0 saturated carbocycles. The van der Waals surface area contributed by atoms with E-state index in [0.717, 1.165) is 11.3 Å². The lowest BCUT2D eigenvalue weighted by Crippen LogP contribution is -2.26. The summed E-state index contributed by atoms with van der Waals surface area (Å²) < 4.78 is 19.2. The molecule has 2 rings (SSSR count). The predicted molar refractivity (Wildman–Crippen MR) is 88.8 cm³/mol. The van der Waals surface area contributed by atoms with Gasteiger partial charge in [0.25, 0.3) is 0 Å². The van der Waals surface area contributed by atoms with E-state index in [1.54, 1.807) is 30.1 Å². The largest absolute Gasteiger partial charge is 0.494 e. The summed E-state index contributed by atoms with van der Waals surface area (Å²) in [6.45, 7) is 2.78. The van der Waals surface area contributed by atoms with Crippen molar-refractivity contribution in [2.45, 2.75) is 26.3 Å². The van der Waals surface area contributed by atoms with Gasteiger partial charge in [0.1, 0.15) is 11.6 Å². The van der Waals surface area contributed by atoms with E-state index < -0.39 is 0 Å². The molecule has 0 saturated heterocycles. The fourth-order valence-corrected chi connectivity index (χ4v) is 2.28. The Kier molecular flexibility index (Phi) is 6.15. The first-order chi connectivity index (χ1) is 11.1. The Morgan fingerprint density at radius 3 is 2.70 bits per heavy atom. The van der Waals surface area contributed by atoms with E-state index in [1.807, 2.05) is 31.2 Å². The molecule has 0 spiro atoms. The molecule has 2 aromatic rings. The maximum atomic E-state index is 13.6. The van der Waals surface area contributed by atoms with E-state index in [9.17, 15) is 9.18 Å². The molecule has 0 aliphatic carbocycles. The number of carbonyl (C=O) groups excluding carboxylic acids is 1. The van der Waals surface area contributed by atoms with E-state index in [0.29, 0.717) is 25.0 Å². The summed E-state index contributed by atoms with van der Waals surface area (Å²) in [5.74, 6) is 0.521. The summed E-state index contributed by atoms with van der Waals surface area (Å²) in [6, 6.07) is 14.3. The Hall–Kier alpha value is -2.36. The highest BCUT2D eigenvalue weighted by Crippen LogP contribution is 2.13. The van der Waals surface area contributed by atoms with Gasteiger partial charge in [0.15, 0.2) is 0 Å². The maximum absolute atomic E-state index is 13.6. The topological polar surface area (TPSA) is 29.5 Å². The van der Waals surface area contributed by atoms with Crippen molar-refractivity contribution in [1.82, 2.24) is 4.90 Å². The third-order valence-electron chi connectivity index (χ3n) is 3.58. The van der Waals surface area contributed by atoms with Crippen molar-refractivity contribution in [2.24, 2.45) is 0 Å². The van der Waals surface area contributed by atoms with E-state index >= 15 is 0 Å². The van der Waals surface area contributed by atoms with Crippen molar-refractivity contribution in [3.8, 4) is 5.75 Å². The number of hydrogen-bond acceptors (Lipinski definition) is 2. The van der Waals surface area contributed by atoms with Gasteiger partial charge in [0.2, 0.25) is 5.91 Å². The first-order valence-electron chi connectivity index (χ1n) is 7.73. The zero-order valence-electron chi connectivity index (χ0n) is 13.6. The summed E-state index contributed by atoms with van der Waals surface area (Å²) in [6.07, 6.45) is 1.02. The number of hydrogen-bond donors (Lipinski definition) is 0. The third kappa shape index (κ3) is 5.40. The SMILES string of the molecule is Cc1cccc(OCCCC(=O)N(C)Cc2ccccc2F)c1. The van der Waals surface area contributed by atoms with Gasteiger partial charge in [-0.2, -0.15) is 0 Å². The molecule has 1 amide bonds. The number of rotatable bonds is 7. The molecule has 3 nitrogen and oxygen atoms in total. The molecule has 4 heteroatoms. The number of aryl methyl sites for hydroxylation is 1. The number of benzene rings is 2. The molecule has 0 bridgehead atoms. The lowest BCUT2D eigenvalue weighted by atomic mass is 10.2. The molecular formula is C19H22FNO2. The van der Waals surface area contributed by atoms with Crippen molar-refractivity contribution in [3.63, 3.8) is 0 Å². The van der Waals surface area contributed by atoms with Crippen LogP contribution in [-0.2, 0) is 11.3 Å². The Labute approximate surface area is 136 Å². The molecule has 122 valence electrons. The van der Waals surface area contributed by atoms with Crippen LogP contribution in [0.25, 0.3) is 0 Å². The number of ether oxygens (including phenoxy) is 1. The standard InChI is InChI=1S/C19H22FNO2/c1-15-7-5-9-17(13-15)23-12-6-11-19(22)21(2)14-16-8-3-4-10-18(16)20/h3-5,7-10,13H,6,11-12,14H2,1-2H3. The Morgan fingerprint density at radius 2 is 1.96 bits per heavy atom. The minimum atomic E-state index is -0.282. The molecule has 0 fully saturated rings. The number of carbonyl (C=O) groups is 1. The van der Waals surface area contributed by atoms with Crippen molar-refractivity contribution in [3.05, 3.63) is 65.5 Å². The van der Waals surface area contributed by atoms with Crippen LogP contribution in [0.15, 0.2) is 48.5 Å². The minimum absolute atomic E-state index is 0.0129. The molecule has 0 radical (unpaired) electrons. The molecule has 0 unspecified atom stereocenters. The monoisotopic (exact) mass is 315 g/mol. The molecule has 0 aromatic heterocycles. The fourth-order valence-electron chi connectivity index (χ4n) is 2.28. The second-order valence-corrected chi connectivity index (χ2v) is 5.61. The van der Waals surface area contributed by atoms with Crippen LogP contribution in [0.1, 0.15) is 24.0 Å². The summed E-state index contributed by atoms with van der Waals surface area (Å²) in [5, 5.41) is 0. The van der Waals surface area contributed by atoms with Crippen LogP contribution in [0.3, 0.4) is 0 Å². The lowest BCUT2D eigenvalue weighted by Gasteiger charge is -2.17. The average molecular weight is 315 g/mol. The van der Waals surface area contributed by atoms with E-state index in [-0.39, 0.29) is 18.3 Å². The lowest BCUT2D eigenvalue weighted by molar-refractivity contribution is -0.130. The highest BCUT2D eigenvalue weighted by Gasteiger charge is 2.11. The van der Waals surface area contributed by atoms with Gasteiger partial charge in [-0.05, 0) is 37.1 Å². The molecule has 2 aromatic carbocycles. The Morgan fingerprint density at radius 1 is 1.17 bits per heavy atom. The molecule has 0 aliphatic heterocycles. The average Bonchev–Trinajstić information content (AvgIpc) is 2.53. The zero-order chi connectivity index (χ0) is 16.7. The number of halogens is 1. The van der Waals surface area contributed by atoms with Gasteiger partial charge in [-0.15, -0.1) is 0 Å². The van der Waals surface area contributed by atoms with Crippen LogP contribution in [0, 0.1) is 12.7 Å². The molecule has 0 N–H and O–H groups in total. The first kappa shape index (κ1) is 17.0. The van der Waals surface area contributed by atoms with Gasteiger partial charge in [-0.3, -0.25) is 4.79 Å². The van der Waals surface area contributed by atoms with Gasteiger partial charge in [-0.1, -0.05) is 30.3 Å². The van der Waals surface area contributed by atoms with Crippen LogP contribution in [0.4, 0.5) is 4.39 Å². The predicted octanol–water partition coefficient (Wildman–Crippen LogP) is 3.95. The quantitative estimate of drug-likeness (QED) is 0.724. The van der Waals surface area contributed by atoms with Crippen molar-refractivity contribution in [2.75, 3.05) is 13.7 Å². The summed E-state index contributed by atoms with van der Waals surface area (Å²) >= 11 is 0. The first-order valence-corrected chi connectivity index (χ1v) is 7.73. The molecule has 0 aliphatic rings. The van der Waals surface area contributed by atoms with Crippen molar-refractivity contribution < 1.29 is 13.9 Å². The van der Waals surface area contributed by atoms with Crippen molar-refractivity contribution in [1.29, 1.82) is 0 Å². The van der Waals surface area contributed by atoms with Gasteiger partial charge in [0.05, 0.1) is 6.61 Å². The van der Waals surface area contributed by atoms with Crippen LogP contribution in [-0.4, -0.2) is 24.5 Å². The van der Waals surface area contributed by atoms with Crippen LogP contribution in [0.2, 0.25) is 0 Å². The van der Waals surface area contributed by atoms with Gasteiger partial charge in [-0.25, -0.2) is 4.39 Å². The second kappa shape index (κ2) is 8.32. The van der Waals surface area contributed by atoms with E-state index in [4.69, 9.17) is 4.74 Å². The van der Waals surface area contributed by atoms with Crippen LogP contribution < -0.4 is 4.74 Å². The van der Waals surface area contributed by atoms with Crippen LogP contribution in [0.5, 0.6) is 5.75 Å². The van der Waals surface area contributed by atoms with Gasteiger partial charge < -0.3 is 9.64 Å². The summed E-state index contributed by atoms with van der Waals surface area (Å²) in [7, 11) is 1.69. The molecule has 23 heavy (non-hydrogen) atoms. The Bertz CT molecular complexity index is 657. The van der Waals surface area contributed by atoms with E-state index in [1.165, 1.54) is 6.07 Å². The summed E-state index contributed by atoms with van der Waals surface area (Å²) in [5.41, 5.74) is 1.67. The normalized spacial score (nSPS) is 10.4. The van der Waals surface area contributed by atoms with Crippen molar-refractivity contribution >= 4 is 5.91 Å². The van der Waals surface area contributed by atoms with Crippen LogP contribution >= 0.6 is 0 Å². The third-order valence-corrected chi connectivity index (χ3v) is 3.58. The van der Waals surface area contributed by atoms with Gasteiger partial charge >= 0.3 is 0 Å².